The lowest BCUT2D eigenvalue weighted by atomic mass is 9.96. The minimum Gasteiger partial charge on any atom is -0.394 e. The number of rotatable bonds is 10. The van der Waals surface area contributed by atoms with Gasteiger partial charge in [-0.1, -0.05) is 0 Å². The monoisotopic (exact) mass is 666 g/mol. The maximum absolute atomic E-state index is 10.8. The second kappa shape index (κ2) is 15.6. The van der Waals surface area contributed by atoms with Crippen molar-refractivity contribution in [2.45, 2.75) is 123 Å². The van der Waals surface area contributed by atoms with Gasteiger partial charge < -0.3 is 105 Å². The Balaban J connectivity index is 1.43. The van der Waals surface area contributed by atoms with Crippen LogP contribution in [0.25, 0.3) is 0 Å². The van der Waals surface area contributed by atoms with E-state index in [1.807, 2.05) is 0 Å². The van der Waals surface area contributed by atoms with Crippen LogP contribution in [-0.4, -0.2) is 221 Å². The lowest BCUT2D eigenvalue weighted by Crippen LogP contribution is -2.66. The van der Waals surface area contributed by atoms with Gasteiger partial charge in [-0.25, -0.2) is 0 Å². The fourth-order valence-corrected chi connectivity index (χ4v) is 5.44. The summed E-state index contributed by atoms with van der Waals surface area (Å²) in [5.41, 5.74) is 0. The third-order valence-corrected chi connectivity index (χ3v) is 8.18. The van der Waals surface area contributed by atoms with Crippen LogP contribution in [-0.2, 0) is 33.2 Å². The number of aliphatic hydroxyl groups is 14. The van der Waals surface area contributed by atoms with E-state index in [4.69, 9.17) is 33.2 Å². The predicted molar refractivity (Wildman–Crippen MR) is 134 cm³/mol. The average Bonchev–Trinajstić information content (AvgIpc) is 3.03. The molecule has 0 aliphatic carbocycles. The van der Waals surface area contributed by atoms with Crippen LogP contribution in [0.3, 0.4) is 0 Å². The predicted octanol–water partition coefficient (Wildman–Crippen LogP) is -9.75. The highest BCUT2D eigenvalue weighted by Crippen LogP contribution is 2.32. The van der Waals surface area contributed by atoms with Crippen LogP contribution >= 0.6 is 0 Å². The fraction of sp³-hybridized carbons (Fsp3) is 1.00. The van der Waals surface area contributed by atoms with Gasteiger partial charge in [-0.3, -0.25) is 0 Å². The molecule has 264 valence electrons. The summed E-state index contributed by atoms with van der Waals surface area (Å²) in [6, 6.07) is 0. The normalized spacial score (nSPS) is 52.9. The number of hydrogen-bond acceptors (Lipinski definition) is 21. The number of hydrogen-bond donors (Lipinski definition) is 14. The third kappa shape index (κ3) is 7.59. The summed E-state index contributed by atoms with van der Waals surface area (Å²) in [5.74, 6) is 0. The molecule has 4 aliphatic rings. The molecule has 0 saturated carbocycles. The van der Waals surface area contributed by atoms with Gasteiger partial charge >= 0.3 is 0 Å². The van der Waals surface area contributed by atoms with Crippen LogP contribution in [0.5, 0.6) is 0 Å². The van der Waals surface area contributed by atoms with Crippen LogP contribution < -0.4 is 0 Å². The molecule has 4 saturated heterocycles. The summed E-state index contributed by atoms with van der Waals surface area (Å²) in [5, 5.41) is 142. The first-order chi connectivity index (χ1) is 21.2. The molecule has 0 unspecified atom stereocenters. The summed E-state index contributed by atoms with van der Waals surface area (Å²) in [6.07, 6.45) is -35.0. The smallest absolute Gasteiger partial charge is 0.187 e. The number of aliphatic hydroxyl groups excluding tert-OH is 14. The molecule has 0 amide bonds. The summed E-state index contributed by atoms with van der Waals surface area (Å²) in [4.78, 5) is 0. The van der Waals surface area contributed by atoms with Crippen LogP contribution in [0.15, 0.2) is 0 Å². The molecule has 4 fully saturated rings. The maximum atomic E-state index is 10.8. The van der Waals surface area contributed by atoms with Gasteiger partial charge in [-0.15, -0.1) is 0 Å². The van der Waals surface area contributed by atoms with E-state index in [0.717, 1.165) is 0 Å². The summed E-state index contributed by atoms with van der Waals surface area (Å²) >= 11 is 0. The summed E-state index contributed by atoms with van der Waals surface area (Å²) < 4.78 is 37.7. The van der Waals surface area contributed by atoms with E-state index in [9.17, 15) is 71.5 Å². The van der Waals surface area contributed by atoms with Crippen molar-refractivity contribution in [3.05, 3.63) is 0 Å². The van der Waals surface area contributed by atoms with Gasteiger partial charge in [0, 0.05) is 0 Å². The molecule has 0 aromatic carbocycles. The van der Waals surface area contributed by atoms with E-state index < -0.39 is 149 Å². The van der Waals surface area contributed by atoms with Gasteiger partial charge in [0.15, 0.2) is 25.2 Å². The molecule has 21 nitrogen and oxygen atoms in total. The quantitative estimate of drug-likeness (QED) is 0.103. The molecule has 0 aromatic heterocycles. The van der Waals surface area contributed by atoms with Crippen molar-refractivity contribution in [3.8, 4) is 0 Å². The Morgan fingerprint density at radius 2 is 0.778 bits per heavy atom. The molecular weight excluding hydrogens is 624 g/mol. The molecule has 0 bridgehead atoms. The first kappa shape index (κ1) is 37.0. The first-order valence-electron chi connectivity index (χ1n) is 14.1. The Morgan fingerprint density at radius 1 is 0.378 bits per heavy atom. The Labute approximate surface area is 254 Å². The molecular formula is C24H42O21. The molecule has 45 heavy (non-hydrogen) atoms. The van der Waals surface area contributed by atoms with Gasteiger partial charge in [-0.2, -0.15) is 0 Å². The van der Waals surface area contributed by atoms with Crippen molar-refractivity contribution >= 4 is 0 Å². The topological polar surface area (TPSA) is 348 Å². The van der Waals surface area contributed by atoms with Gasteiger partial charge in [0.1, 0.15) is 97.7 Å². The molecule has 4 heterocycles. The van der Waals surface area contributed by atoms with Gasteiger partial charge in [0.25, 0.3) is 0 Å². The van der Waals surface area contributed by atoms with E-state index in [1.165, 1.54) is 0 Å². The van der Waals surface area contributed by atoms with Crippen molar-refractivity contribution in [1.29, 1.82) is 0 Å². The van der Waals surface area contributed by atoms with Crippen LogP contribution in [0.4, 0.5) is 0 Å². The zero-order valence-corrected chi connectivity index (χ0v) is 23.5. The standard InChI is InChI=1S/C24H42O21/c25-1-5-9(28)11(30)16(35)23(41-5)44-19-7(3-27)43-22(18(37)14(19)33)39-4-8-20(13(32)15(34)21(38)40-8)45-24-17(36)12(31)10(29)6(2-26)42-24/h5-38H,1-4H2/t5-,6-,7-,8-,9-,10-,11+,12+,13-,14-,15-,16-,17-,18-,19-,20-,21-,22+,23-,24-/m1/s1. The van der Waals surface area contributed by atoms with Crippen molar-refractivity contribution in [2.75, 3.05) is 26.4 Å². The molecule has 14 N–H and O–H groups in total. The molecule has 0 spiro atoms. The van der Waals surface area contributed by atoms with Gasteiger partial charge in [0.05, 0.1) is 26.4 Å². The van der Waals surface area contributed by atoms with Crippen LogP contribution in [0.2, 0.25) is 0 Å². The highest BCUT2D eigenvalue weighted by molar-refractivity contribution is 4.96. The average molecular weight is 667 g/mol. The van der Waals surface area contributed by atoms with Crippen molar-refractivity contribution < 1.29 is 105 Å². The van der Waals surface area contributed by atoms with E-state index in [2.05, 4.69) is 0 Å². The van der Waals surface area contributed by atoms with E-state index in [1.54, 1.807) is 0 Å². The highest BCUT2D eigenvalue weighted by atomic mass is 16.8. The summed E-state index contributed by atoms with van der Waals surface area (Å²) in [6.45, 7) is -3.16. The Kier molecular flexibility index (Phi) is 12.8. The van der Waals surface area contributed by atoms with Gasteiger partial charge in [-0.05, 0) is 0 Å². The molecule has 21 heteroatoms. The second-order valence-electron chi connectivity index (χ2n) is 11.2. The zero-order chi connectivity index (χ0) is 33.3. The van der Waals surface area contributed by atoms with E-state index in [0.29, 0.717) is 0 Å². The highest BCUT2D eigenvalue weighted by Gasteiger charge is 2.53. The third-order valence-electron chi connectivity index (χ3n) is 8.18. The Hall–Kier alpha value is -0.840. The van der Waals surface area contributed by atoms with E-state index in [-0.39, 0.29) is 0 Å². The van der Waals surface area contributed by atoms with Crippen molar-refractivity contribution in [1.82, 2.24) is 0 Å². The minimum absolute atomic E-state index is 0.728. The van der Waals surface area contributed by atoms with Crippen LogP contribution in [0.1, 0.15) is 0 Å². The SMILES string of the molecule is OC[C@H]1O[C@H](O[C@H]2[C@H](O)[C@@H](O)[C@H](O)O[C@@H]2CO[C@H]2O[C@H](CO)[C@@H](O[C@H]3O[C@H](CO)[C@@H](O)[C@H](O)[C@H]3O)[C@H](O)[C@H]2O)[C@H](O)[C@@H](O)[C@@H]1O. The van der Waals surface area contributed by atoms with Crippen LogP contribution in [0, 0.1) is 0 Å². The lowest BCUT2D eigenvalue weighted by Gasteiger charge is -2.47. The Bertz CT molecular complexity index is 912. The van der Waals surface area contributed by atoms with Crippen molar-refractivity contribution in [2.24, 2.45) is 0 Å². The fourth-order valence-electron chi connectivity index (χ4n) is 5.44. The van der Waals surface area contributed by atoms with Crippen molar-refractivity contribution in [3.63, 3.8) is 0 Å². The Morgan fingerprint density at radius 3 is 1.24 bits per heavy atom. The van der Waals surface area contributed by atoms with E-state index >= 15 is 0 Å². The zero-order valence-electron chi connectivity index (χ0n) is 23.5. The summed E-state index contributed by atoms with van der Waals surface area (Å²) in [7, 11) is 0. The lowest BCUT2D eigenvalue weighted by molar-refractivity contribution is -0.372. The minimum atomic E-state index is -1.99. The largest absolute Gasteiger partial charge is 0.394 e. The molecule has 0 radical (unpaired) electrons. The molecule has 20 atom stereocenters. The molecule has 4 rings (SSSR count). The van der Waals surface area contributed by atoms with Gasteiger partial charge in [0.2, 0.25) is 0 Å². The molecule has 0 aromatic rings. The maximum Gasteiger partial charge on any atom is 0.187 e. The number of ether oxygens (including phenoxy) is 7. The molecule has 4 aliphatic heterocycles. The first-order valence-corrected chi connectivity index (χ1v) is 14.1. The second-order valence-corrected chi connectivity index (χ2v) is 11.2.